The third kappa shape index (κ3) is 7.06. The lowest BCUT2D eigenvalue weighted by Gasteiger charge is -2.26. The second-order valence-corrected chi connectivity index (χ2v) is 4.31. The summed E-state index contributed by atoms with van der Waals surface area (Å²) in [5.74, 6) is 0.504. The molecule has 84 valence electrons. The first kappa shape index (κ1) is 13.6. The van der Waals surface area contributed by atoms with E-state index in [0.717, 1.165) is 19.3 Å². The summed E-state index contributed by atoms with van der Waals surface area (Å²) in [4.78, 5) is 0. The van der Waals surface area contributed by atoms with Crippen molar-refractivity contribution in [1.82, 2.24) is 0 Å². The Hall–Kier alpha value is -0.380. The molecule has 0 saturated heterocycles. The minimum absolute atomic E-state index is 0.477. The first-order valence-corrected chi connectivity index (χ1v) is 5.04. The summed E-state index contributed by atoms with van der Waals surface area (Å²) in [7, 11) is 0. The highest BCUT2D eigenvalue weighted by molar-refractivity contribution is 4.76. The van der Waals surface area contributed by atoms with Crippen molar-refractivity contribution in [3.05, 3.63) is 12.7 Å². The van der Waals surface area contributed by atoms with E-state index in [1.54, 1.807) is 0 Å². The smallest absolute Gasteiger partial charge is 0.267 e. The number of rotatable bonds is 7. The van der Waals surface area contributed by atoms with E-state index in [2.05, 4.69) is 13.5 Å². The predicted octanol–water partition coefficient (Wildman–Crippen LogP) is 2.04. The summed E-state index contributed by atoms with van der Waals surface area (Å²) >= 11 is 0. The molecule has 0 aromatic carbocycles. The van der Waals surface area contributed by atoms with Gasteiger partial charge in [0, 0.05) is 0 Å². The first-order valence-electron chi connectivity index (χ1n) is 5.04. The molecule has 0 bridgehead atoms. The van der Waals surface area contributed by atoms with E-state index in [9.17, 15) is 0 Å². The van der Waals surface area contributed by atoms with Gasteiger partial charge in [0.1, 0.15) is 0 Å². The van der Waals surface area contributed by atoms with Crippen molar-refractivity contribution in [2.24, 2.45) is 5.92 Å². The molecule has 0 saturated carbocycles. The zero-order valence-electron chi connectivity index (χ0n) is 9.36. The standard InChI is InChI=1S/C11H22O3/c1-5-9(2)7-6-8-11(3,4)14-10(12)13/h5,9-10,12-13H,1,6-8H2,2-4H3. The third-order valence-electron chi connectivity index (χ3n) is 2.27. The second kappa shape index (κ2) is 6.17. The van der Waals surface area contributed by atoms with Crippen molar-refractivity contribution in [1.29, 1.82) is 0 Å². The van der Waals surface area contributed by atoms with E-state index in [1.807, 2.05) is 19.9 Å². The van der Waals surface area contributed by atoms with Crippen molar-refractivity contribution < 1.29 is 14.9 Å². The average molecular weight is 202 g/mol. The van der Waals surface area contributed by atoms with Crippen LogP contribution in [-0.4, -0.2) is 22.3 Å². The quantitative estimate of drug-likeness (QED) is 0.490. The van der Waals surface area contributed by atoms with Gasteiger partial charge >= 0.3 is 0 Å². The fraction of sp³-hybridized carbons (Fsp3) is 0.818. The van der Waals surface area contributed by atoms with Crippen molar-refractivity contribution >= 4 is 0 Å². The third-order valence-corrected chi connectivity index (χ3v) is 2.27. The van der Waals surface area contributed by atoms with Gasteiger partial charge in [0.15, 0.2) is 0 Å². The van der Waals surface area contributed by atoms with E-state index < -0.39 is 12.1 Å². The van der Waals surface area contributed by atoms with Crippen LogP contribution >= 0.6 is 0 Å². The molecule has 0 aliphatic heterocycles. The molecule has 0 radical (unpaired) electrons. The predicted molar refractivity (Wildman–Crippen MR) is 56.6 cm³/mol. The highest BCUT2D eigenvalue weighted by atomic mass is 16.7. The Morgan fingerprint density at radius 1 is 1.43 bits per heavy atom. The number of allylic oxidation sites excluding steroid dienone is 1. The Morgan fingerprint density at radius 3 is 2.43 bits per heavy atom. The molecular weight excluding hydrogens is 180 g/mol. The maximum atomic E-state index is 8.66. The molecular formula is C11H22O3. The Bertz CT molecular complexity index is 164. The molecule has 3 nitrogen and oxygen atoms in total. The molecule has 0 aromatic rings. The van der Waals surface area contributed by atoms with Gasteiger partial charge in [0.25, 0.3) is 6.48 Å². The van der Waals surface area contributed by atoms with Gasteiger partial charge in [0.2, 0.25) is 0 Å². The normalized spacial score (nSPS) is 14.4. The molecule has 0 spiro atoms. The molecule has 14 heavy (non-hydrogen) atoms. The van der Waals surface area contributed by atoms with Gasteiger partial charge in [-0.2, -0.15) is 0 Å². The maximum Gasteiger partial charge on any atom is 0.267 e. The minimum Gasteiger partial charge on any atom is -0.346 e. The molecule has 1 unspecified atom stereocenters. The van der Waals surface area contributed by atoms with Crippen molar-refractivity contribution in [3.63, 3.8) is 0 Å². The number of aliphatic hydroxyl groups excluding tert-OH is 1. The van der Waals surface area contributed by atoms with Gasteiger partial charge in [-0.1, -0.05) is 19.4 Å². The monoisotopic (exact) mass is 202 g/mol. The first-order chi connectivity index (χ1) is 6.37. The molecule has 0 fully saturated rings. The van der Waals surface area contributed by atoms with E-state index in [-0.39, 0.29) is 0 Å². The number of aliphatic hydroxyl groups is 2. The SMILES string of the molecule is C=CC(C)CCCC(C)(C)OC(O)O. The van der Waals surface area contributed by atoms with Crippen LogP contribution in [0.25, 0.3) is 0 Å². The van der Waals surface area contributed by atoms with Crippen LogP contribution in [0.5, 0.6) is 0 Å². The molecule has 0 aromatic heterocycles. The Morgan fingerprint density at radius 2 is 2.00 bits per heavy atom. The lowest BCUT2D eigenvalue weighted by atomic mass is 9.97. The topological polar surface area (TPSA) is 49.7 Å². The van der Waals surface area contributed by atoms with Crippen LogP contribution in [0.1, 0.15) is 40.0 Å². The van der Waals surface area contributed by atoms with Crippen molar-refractivity contribution in [2.75, 3.05) is 0 Å². The van der Waals surface area contributed by atoms with Crippen LogP contribution in [0.15, 0.2) is 12.7 Å². The maximum absolute atomic E-state index is 8.66. The molecule has 0 rings (SSSR count). The Labute approximate surface area is 86.4 Å². The van der Waals surface area contributed by atoms with Crippen LogP contribution in [0.2, 0.25) is 0 Å². The summed E-state index contributed by atoms with van der Waals surface area (Å²) in [5.41, 5.74) is -0.477. The fourth-order valence-corrected chi connectivity index (χ4v) is 1.31. The minimum atomic E-state index is -1.68. The fourth-order valence-electron chi connectivity index (χ4n) is 1.31. The zero-order chi connectivity index (χ0) is 11.2. The van der Waals surface area contributed by atoms with Crippen LogP contribution in [0.4, 0.5) is 0 Å². The second-order valence-electron chi connectivity index (χ2n) is 4.31. The molecule has 3 heteroatoms. The Kier molecular flexibility index (Phi) is 6.00. The van der Waals surface area contributed by atoms with Gasteiger partial charge < -0.3 is 14.9 Å². The lowest BCUT2D eigenvalue weighted by molar-refractivity contribution is -0.280. The number of ether oxygens (including phenoxy) is 1. The summed E-state index contributed by atoms with van der Waals surface area (Å²) in [5, 5.41) is 17.3. The van der Waals surface area contributed by atoms with E-state index >= 15 is 0 Å². The van der Waals surface area contributed by atoms with Crippen LogP contribution in [-0.2, 0) is 4.74 Å². The van der Waals surface area contributed by atoms with Crippen molar-refractivity contribution in [3.8, 4) is 0 Å². The Balaban J connectivity index is 3.70. The molecule has 0 amide bonds. The van der Waals surface area contributed by atoms with Crippen LogP contribution in [0.3, 0.4) is 0 Å². The van der Waals surface area contributed by atoms with Gasteiger partial charge in [-0.15, -0.1) is 6.58 Å². The van der Waals surface area contributed by atoms with Gasteiger partial charge in [-0.05, 0) is 32.6 Å². The van der Waals surface area contributed by atoms with Crippen molar-refractivity contribution in [2.45, 2.75) is 52.1 Å². The highest BCUT2D eigenvalue weighted by Gasteiger charge is 2.21. The lowest BCUT2D eigenvalue weighted by Crippen LogP contribution is -2.30. The van der Waals surface area contributed by atoms with Gasteiger partial charge in [-0.25, -0.2) is 0 Å². The average Bonchev–Trinajstić information content (AvgIpc) is 2.01. The summed E-state index contributed by atoms with van der Waals surface area (Å²) < 4.78 is 4.94. The van der Waals surface area contributed by atoms with E-state index in [4.69, 9.17) is 14.9 Å². The zero-order valence-corrected chi connectivity index (χ0v) is 9.36. The van der Waals surface area contributed by atoms with Gasteiger partial charge in [0.05, 0.1) is 5.60 Å². The van der Waals surface area contributed by atoms with Crippen LogP contribution < -0.4 is 0 Å². The number of hydrogen-bond donors (Lipinski definition) is 2. The molecule has 0 aliphatic carbocycles. The largest absolute Gasteiger partial charge is 0.346 e. The van der Waals surface area contributed by atoms with Gasteiger partial charge in [-0.3, -0.25) is 0 Å². The molecule has 1 atom stereocenters. The van der Waals surface area contributed by atoms with E-state index in [1.165, 1.54) is 0 Å². The summed E-state index contributed by atoms with van der Waals surface area (Å²) in [6.45, 7) is 7.85. The molecule has 0 aliphatic rings. The molecule has 2 N–H and O–H groups in total. The van der Waals surface area contributed by atoms with Crippen LogP contribution in [0, 0.1) is 5.92 Å². The highest BCUT2D eigenvalue weighted by Crippen LogP contribution is 2.20. The molecule has 0 heterocycles. The summed E-state index contributed by atoms with van der Waals surface area (Å²) in [6.07, 6.45) is 4.78. The summed E-state index contributed by atoms with van der Waals surface area (Å²) in [6, 6.07) is 0. The van der Waals surface area contributed by atoms with E-state index in [0.29, 0.717) is 5.92 Å². The number of hydrogen-bond acceptors (Lipinski definition) is 3.